The van der Waals surface area contributed by atoms with Gasteiger partial charge in [-0.05, 0) is 19.3 Å². The Morgan fingerprint density at radius 3 is 2.88 bits per heavy atom. The van der Waals surface area contributed by atoms with Gasteiger partial charge >= 0.3 is 0 Å². The smallest absolute Gasteiger partial charge is 0.257 e. The highest BCUT2D eigenvalue weighted by Gasteiger charge is 2.35. The van der Waals surface area contributed by atoms with E-state index in [2.05, 4.69) is 12.0 Å². The molecule has 0 spiro atoms. The van der Waals surface area contributed by atoms with E-state index in [0.29, 0.717) is 17.4 Å². The molecular weight excluding hydrogens is 238 g/mol. The van der Waals surface area contributed by atoms with Gasteiger partial charge in [-0.1, -0.05) is 6.92 Å². The summed E-state index contributed by atoms with van der Waals surface area (Å²) in [7, 11) is 1.83. The quantitative estimate of drug-likeness (QED) is 0.756. The lowest BCUT2D eigenvalue weighted by atomic mass is 10.0. The van der Waals surface area contributed by atoms with Crippen molar-refractivity contribution in [2.45, 2.75) is 26.3 Å². The average molecular weight is 256 g/mol. The molecule has 5 heteroatoms. The van der Waals surface area contributed by atoms with E-state index < -0.39 is 0 Å². The van der Waals surface area contributed by atoms with Crippen LogP contribution in [0.4, 0.5) is 0 Å². The summed E-state index contributed by atoms with van der Waals surface area (Å²) in [6, 6.07) is 0.156. The van der Waals surface area contributed by atoms with Crippen LogP contribution in [0.2, 0.25) is 0 Å². The first-order valence-corrected chi connectivity index (χ1v) is 6.45. The molecule has 1 fully saturated rings. The summed E-state index contributed by atoms with van der Waals surface area (Å²) in [4.78, 5) is 14.3. The number of halogens is 1. The van der Waals surface area contributed by atoms with Gasteiger partial charge in [-0.3, -0.25) is 9.48 Å². The maximum atomic E-state index is 12.4. The molecule has 0 aromatic carbocycles. The van der Waals surface area contributed by atoms with Gasteiger partial charge in [-0.15, -0.1) is 11.6 Å². The fourth-order valence-corrected chi connectivity index (χ4v) is 2.93. The molecule has 2 unspecified atom stereocenters. The van der Waals surface area contributed by atoms with Gasteiger partial charge in [0.1, 0.15) is 0 Å². The maximum absolute atomic E-state index is 12.4. The van der Waals surface area contributed by atoms with Crippen LogP contribution >= 0.6 is 11.6 Å². The molecule has 4 nitrogen and oxygen atoms in total. The Balaban J connectivity index is 2.23. The number of carbonyl (C=O) groups excluding carboxylic acids is 1. The Labute approximate surface area is 107 Å². The highest BCUT2D eigenvalue weighted by Crippen LogP contribution is 2.26. The fraction of sp³-hybridized carbons (Fsp3) is 0.667. The Hall–Kier alpha value is -1.03. The van der Waals surface area contributed by atoms with Crippen molar-refractivity contribution in [3.05, 3.63) is 17.5 Å². The minimum atomic E-state index is 0.0607. The highest BCUT2D eigenvalue weighted by molar-refractivity contribution is 6.18. The van der Waals surface area contributed by atoms with Gasteiger partial charge < -0.3 is 4.90 Å². The van der Waals surface area contributed by atoms with Gasteiger partial charge in [0.2, 0.25) is 0 Å². The van der Waals surface area contributed by atoms with Crippen LogP contribution in [0.1, 0.15) is 29.4 Å². The molecule has 1 aromatic heterocycles. The molecule has 0 N–H and O–H groups in total. The standard InChI is InChI=1S/C12H18ClN3O/c1-8-4-5-16(11(8)6-13)12(17)10-7-15(3)14-9(10)2/h7-8,11H,4-6H2,1-3H3. The summed E-state index contributed by atoms with van der Waals surface area (Å²) in [5.41, 5.74) is 1.47. The fourth-order valence-electron chi connectivity index (χ4n) is 2.46. The van der Waals surface area contributed by atoms with Crippen molar-refractivity contribution in [1.29, 1.82) is 0 Å². The van der Waals surface area contributed by atoms with Crippen molar-refractivity contribution >= 4 is 17.5 Å². The molecule has 1 aromatic rings. The molecule has 17 heavy (non-hydrogen) atoms. The van der Waals surface area contributed by atoms with Gasteiger partial charge in [0.15, 0.2) is 0 Å². The second-order valence-corrected chi connectivity index (χ2v) is 5.10. The van der Waals surface area contributed by atoms with E-state index >= 15 is 0 Å². The number of likely N-dealkylation sites (tertiary alicyclic amines) is 1. The number of rotatable bonds is 2. The molecule has 1 saturated heterocycles. The minimum Gasteiger partial charge on any atom is -0.334 e. The van der Waals surface area contributed by atoms with E-state index in [0.717, 1.165) is 18.7 Å². The number of hydrogen-bond donors (Lipinski definition) is 0. The Morgan fingerprint density at radius 1 is 1.65 bits per heavy atom. The predicted octanol–water partition coefficient (Wildman–Crippen LogP) is 1.82. The molecule has 0 saturated carbocycles. The van der Waals surface area contributed by atoms with Crippen LogP contribution in [-0.2, 0) is 7.05 Å². The summed E-state index contributed by atoms with van der Waals surface area (Å²) in [6.07, 6.45) is 2.81. The molecule has 1 amide bonds. The average Bonchev–Trinajstić information content (AvgIpc) is 2.80. The van der Waals surface area contributed by atoms with E-state index in [9.17, 15) is 4.79 Å². The lowest BCUT2D eigenvalue weighted by molar-refractivity contribution is 0.0736. The van der Waals surface area contributed by atoms with Crippen LogP contribution in [0.3, 0.4) is 0 Å². The van der Waals surface area contributed by atoms with Crippen molar-refractivity contribution in [3.63, 3.8) is 0 Å². The second-order valence-electron chi connectivity index (χ2n) is 4.79. The van der Waals surface area contributed by atoms with Crippen LogP contribution in [-0.4, -0.2) is 39.1 Å². The van der Waals surface area contributed by atoms with Crippen LogP contribution in [0, 0.1) is 12.8 Å². The number of aryl methyl sites for hydroxylation is 2. The number of nitrogens with zero attached hydrogens (tertiary/aromatic N) is 3. The Morgan fingerprint density at radius 2 is 2.35 bits per heavy atom. The first kappa shape index (κ1) is 12.4. The lowest BCUT2D eigenvalue weighted by Crippen LogP contribution is -2.38. The zero-order chi connectivity index (χ0) is 12.6. The van der Waals surface area contributed by atoms with E-state index in [-0.39, 0.29) is 11.9 Å². The summed E-state index contributed by atoms with van der Waals surface area (Å²) >= 11 is 5.96. The normalized spacial score (nSPS) is 24.4. The molecule has 1 aliphatic heterocycles. The predicted molar refractivity (Wildman–Crippen MR) is 67.3 cm³/mol. The summed E-state index contributed by atoms with van der Waals surface area (Å²) in [5, 5.41) is 4.21. The van der Waals surface area contributed by atoms with E-state index in [1.165, 1.54) is 0 Å². The zero-order valence-electron chi connectivity index (χ0n) is 10.5. The van der Waals surface area contributed by atoms with E-state index in [4.69, 9.17) is 11.6 Å². The largest absolute Gasteiger partial charge is 0.334 e. The van der Waals surface area contributed by atoms with Crippen molar-refractivity contribution in [3.8, 4) is 0 Å². The summed E-state index contributed by atoms with van der Waals surface area (Å²) in [5.74, 6) is 1.05. The molecule has 2 atom stereocenters. The maximum Gasteiger partial charge on any atom is 0.257 e. The van der Waals surface area contributed by atoms with Crippen molar-refractivity contribution < 1.29 is 4.79 Å². The van der Waals surface area contributed by atoms with Crippen molar-refractivity contribution in [1.82, 2.24) is 14.7 Å². The van der Waals surface area contributed by atoms with Gasteiger partial charge in [-0.25, -0.2) is 0 Å². The van der Waals surface area contributed by atoms with Crippen molar-refractivity contribution in [2.24, 2.45) is 13.0 Å². The minimum absolute atomic E-state index is 0.0607. The summed E-state index contributed by atoms with van der Waals surface area (Å²) < 4.78 is 1.68. The first-order chi connectivity index (χ1) is 8.04. The Kier molecular flexibility index (Phi) is 3.43. The van der Waals surface area contributed by atoms with Crippen LogP contribution < -0.4 is 0 Å². The molecule has 94 valence electrons. The SMILES string of the molecule is Cc1nn(C)cc1C(=O)N1CCC(C)C1CCl. The summed E-state index contributed by atoms with van der Waals surface area (Å²) in [6.45, 7) is 4.81. The third-order valence-electron chi connectivity index (χ3n) is 3.55. The number of alkyl halides is 1. The zero-order valence-corrected chi connectivity index (χ0v) is 11.2. The van der Waals surface area contributed by atoms with Crippen LogP contribution in [0.5, 0.6) is 0 Å². The van der Waals surface area contributed by atoms with Crippen molar-refractivity contribution in [2.75, 3.05) is 12.4 Å². The molecule has 1 aliphatic rings. The molecule has 0 bridgehead atoms. The van der Waals surface area contributed by atoms with Gasteiger partial charge in [0.25, 0.3) is 5.91 Å². The Bertz CT molecular complexity index is 429. The molecular formula is C12H18ClN3O. The second kappa shape index (κ2) is 4.69. The van der Waals surface area contributed by atoms with Gasteiger partial charge in [-0.2, -0.15) is 5.10 Å². The number of carbonyl (C=O) groups is 1. The first-order valence-electron chi connectivity index (χ1n) is 5.91. The van der Waals surface area contributed by atoms with Crippen LogP contribution in [0.25, 0.3) is 0 Å². The number of amides is 1. The number of hydrogen-bond acceptors (Lipinski definition) is 2. The molecule has 2 heterocycles. The third kappa shape index (κ3) is 2.18. The molecule has 2 rings (SSSR count). The lowest BCUT2D eigenvalue weighted by Gasteiger charge is -2.24. The number of aromatic nitrogens is 2. The third-order valence-corrected chi connectivity index (χ3v) is 3.86. The molecule has 0 radical (unpaired) electrons. The van der Waals surface area contributed by atoms with Gasteiger partial charge in [0, 0.05) is 31.7 Å². The van der Waals surface area contributed by atoms with E-state index in [1.807, 2.05) is 18.9 Å². The van der Waals surface area contributed by atoms with Crippen LogP contribution in [0.15, 0.2) is 6.20 Å². The monoisotopic (exact) mass is 255 g/mol. The van der Waals surface area contributed by atoms with E-state index in [1.54, 1.807) is 10.9 Å². The highest BCUT2D eigenvalue weighted by atomic mass is 35.5. The molecule has 0 aliphatic carbocycles. The van der Waals surface area contributed by atoms with Gasteiger partial charge in [0.05, 0.1) is 11.3 Å². The topological polar surface area (TPSA) is 38.1 Å².